The number of anilines is 2. The standard InChI is InChI=1S/C22H16N4O6S/c27-22(24-16-6-3-5-15(11-16)21-13-23-14-32-21)19-9-1-2-10-20(19)25-33(30,31)18-8-4-7-17(12-18)26(28)29/h1-14,25H,(H,24,27). The van der Waals surface area contributed by atoms with E-state index in [1.807, 2.05) is 0 Å². The van der Waals surface area contributed by atoms with Gasteiger partial charge in [0.2, 0.25) is 0 Å². The minimum absolute atomic E-state index is 0.0212. The predicted octanol–water partition coefficient (Wildman–Crippen LogP) is 4.30. The van der Waals surface area contributed by atoms with E-state index in [-0.39, 0.29) is 21.8 Å². The van der Waals surface area contributed by atoms with Crippen LogP contribution in [0.5, 0.6) is 0 Å². The van der Waals surface area contributed by atoms with E-state index in [1.54, 1.807) is 42.6 Å². The average molecular weight is 464 g/mol. The number of nitro benzene ring substituents is 1. The molecule has 0 radical (unpaired) electrons. The number of nitrogens with one attached hydrogen (secondary N) is 2. The topological polar surface area (TPSA) is 144 Å². The lowest BCUT2D eigenvalue weighted by atomic mass is 10.1. The van der Waals surface area contributed by atoms with Crippen molar-refractivity contribution < 1.29 is 22.6 Å². The minimum Gasteiger partial charge on any atom is -0.444 e. The van der Waals surface area contributed by atoms with Crippen LogP contribution < -0.4 is 10.0 Å². The number of nitro groups is 1. The molecule has 10 nitrogen and oxygen atoms in total. The van der Waals surface area contributed by atoms with Crippen LogP contribution in [-0.2, 0) is 10.0 Å². The Morgan fingerprint density at radius 2 is 1.79 bits per heavy atom. The lowest BCUT2D eigenvalue weighted by molar-refractivity contribution is -0.385. The van der Waals surface area contributed by atoms with E-state index in [1.165, 1.54) is 36.7 Å². The first-order valence-electron chi connectivity index (χ1n) is 9.50. The van der Waals surface area contributed by atoms with Crippen molar-refractivity contribution >= 4 is 33.0 Å². The van der Waals surface area contributed by atoms with Gasteiger partial charge in [0.15, 0.2) is 12.2 Å². The Bertz CT molecular complexity index is 1430. The minimum atomic E-state index is -4.19. The Morgan fingerprint density at radius 1 is 1.00 bits per heavy atom. The molecular formula is C22H16N4O6S. The number of nitrogens with zero attached hydrogens (tertiary/aromatic N) is 2. The summed E-state index contributed by atoms with van der Waals surface area (Å²) >= 11 is 0. The number of rotatable bonds is 7. The molecule has 0 saturated carbocycles. The van der Waals surface area contributed by atoms with Gasteiger partial charge in [0.1, 0.15) is 0 Å². The molecule has 2 N–H and O–H groups in total. The Balaban J connectivity index is 1.59. The maximum atomic E-state index is 12.9. The summed E-state index contributed by atoms with van der Waals surface area (Å²) in [7, 11) is -4.19. The van der Waals surface area contributed by atoms with Gasteiger partial charge in [0.05, 0.1) is 27.3 Å². The maximum Gasteiger partial charge on any atom is 0.270 e. The molecule has 0 saturated heterocycles. The van der Waals surface area contributed by atoms with Crippen molar-refractivity contribution in [1.82, 2.24) is 4.98 Å². The summed E-state index contributed by atoms with van der Waals surface area (Å²) in [6.45, 7) is 0. The van der Waals surface area contributed by atoms with Gasteiger partial charge in [-0.25, -0.2) is 13.4 Å². The monoisotopic (exact) mass is 464 g/mol. The number of hydrogen-bond donors (Lipinski definition) is 2. The summed E-state index contributed by atoms with van der Waals surface area (Å²) in [5.41, 5.74) is 0.884. The zero-order valence-electron chi connectivity index (χ0n) is 16.8. The third-order valence-corrected chi connectivity index (χ3v) is 5.96. The van der Waals surface area contributed by atoms with Gasteiger partial charge in [0.25, 0.3) is 21.6 Å². The molecule has 0 aliphatic rings. The van der Waals surface area contributed by atoms with E-state index in [4.69, 9.17) is 4.42 Å². The first-order valence-corrected chi connectivity index (χ1v) is 11.0. The molecule has 1 heterocycles. The van der Waals surface area contributed by atoms with Gasteiger partial charge in [-0.15, -0.1) is 0 Å². The fraction of sp³-hybridized carbons (Fsp3) is 0. The highest BCUT2D eigenvalue weighted by Gasteiger charge is 2.21. The molecule has 0 bridgehead atoms. The number of benzene rings is 3. The average Bonchev–Trinajstić information content (AvgIpc) is 3.34. The van der Waals surface area contributed by atoms with Crippen molar-refractivity contribution in [2.24, 2.45) is 0 Å². The molecular weight excluding hydrogens is 448 g/mol. The molecule has 0 unspecified atom stereocenters. The molecule has 4 aromatic rings. The summed E-state index contributed by atoms with van der Waals surface area (Å²) in [5, 5.41) is 13.7. The Morgan fingerprint density at radius 3 is 2.55 bits per heavy atom. The highest BCUT2D eigenvalue weighted by molar-refractivity contribution is 7.92. The summed E-state index contributed by atoms with van der Waals surface area (Å²) in [6.07, 6.45) is 2.84. The molecule has 1 amide bonds. The maximum absolute atomic E-state index is 12.9. The molecule has 166 valence electrons. The lowest BCUT2D eigenvalue weighted by Crippen LogP contribution is -2.18. The van der Waals surface area contributed by atoms with Gasteiger partial charge < -0.3 is 9.73 Å². The molecule has 1 aromatic heterocycles. The number of carbonyl (C=O) groups excluding carboxylic acids is 1. The normalized spacial score (nSPS) is 11.0. The van der Waals surface area contributed by atoms with E-state index in [2.05, 4.69) is 15.0 Å². The molecule has 0 spiro atoms. The zero-order chi connectivity index (χ0) is 23.4. The van der Waals surface area contributed by atoms with Gasteiger partial charge in [0, 0.05) is 23.4 Å². The van der Waals surface area contributed by atoms with Gasteiger partial charge in [-0.05, 0) is 30.3 Å². The number of aromatic nitrogens is 1. The second-order valence-electron chi connectivity index (χ2n) is 6.81. The van der Waals surface area contributed by atoms with Crippen LogP contribution in [0.25, 0.3) is 11.3 Å². The van der Waals surface area contributed by atoms with Crippen LogP contribution in [0.15, 0.2) is 94.7 Å². The van der Waals surface area contributed by atoms with Gasteiger partial charge >= 0.3 is 0 Å². The van der Waals surface area contributed by atoms with Crippen molar-refractivity contribution in [1.29, 1.82) is 0 Å². The third-order valence-electron chi connectivity index (χ3n) is 4.59. The molecule has 0 aliphatic heterocycles. The van der Waals surface area contributed by atoms with E-state index < -0.39 is 20.9 Å². The number of oxazole rings is 1. The Hall–Kier alpha value is -4.51. The van der Waals surface area contributed by atoms with Gasteiger partial charge in [-0.3, -0.25) is 19.6 Å². The number of non-ortho nitro benzene ring substituents is 1. The summed E-state index contributed by atoms with van der Waals surface area (Å²) in [6, 6.07) is 17.5. The fourth-order valence-corrected chi connectivity index (χ4v) is 4.16. The molecule has 33 heavy (non-hydrogen) atoms. The van der Waals surface area contributed by atoms with E-state index in [9.17, 15) is 23.3 Å². The second-order valence-corrected chi connectivity index (χ2v) is 8.49. The number of hydrogen-bond acceptors (Lipinski definition) is 7. The van der Waals surface area contributed by atoms with E-state index in [0.717, 1.165) is 6.07 Å². The molecule has 0 aliphatic carbocycles. The second kappa shape index (κ2) is 8.93. The quantitative estimate of drug-likeness (QED) is 0.306. The largest absolute Gasteiger partial charge is 0.444 e. The van der Waals surface area contributed by atoms with Gasteiger partial charge in [-0.1, -0.05) is 30.3 Å². The first kappa shape index (κ1) is 21.7. The van der Waals surface area contributed by atoms with Gasteiger partial charge in [-0.2, -0.15) is 0 Å². The van der Waals surface area contributed by atoms with Crippen LogP contribution >= 0.6 is 0 Å². The number of carbonyl (C=O) groups is 1. The lowest BCUT2D eigenvalue weighted by Gasteiger charge is -2.13. The summed E-state index contributed by atoms with van der Waals surface area (Å²) in [5.74, 6) is -0.0294. The number of amides is 1. The van der Waals surface area contributed by atoms with Crippen LogP contribution in [0, 0.1) is 10.1 Å². The predicted molar refractivity (Wildman–Crippen MR) is 120 cm³/mol. The Kier molecular flexibility index (Phi) is 5.87. The SMILES string of the molecule is O=C(Nc1cccc(-c2cnco2)c1)c1ccccc1NS(=O)(=O)c1cccc([N+](=O)[O-])c1. The first-order chi connectivity index (χ1) is 15.8. The van der Waals surface area contributed by atoms with Crippen molar-refractivity contribution in [2.75, 3.05) is 10.0 Å². The van der Waals surface area contributed by atoms with Crippen LogP contribution in [0.3, 0.4) is 0 Å². The van der Waals surface area contributed by atoms with E-state index >= 15 is 0 Å². The van der Waals surface area contributed by atoms with Crippen LogP contribution in [0.4, 0.5) is 17.1 Å². The van der Waals surface area contributed by atoms with Crippen molar-refractivity contribution in [3.05, 3.63) is 101 Å². The molecule has 0 atom stereocenters. The van der Waals surface area contributed by atoms with Crippen molar-refractivity contribution in [3.8, 4) is 11.3 Å². The molecule has 3 aromatic carbocycles. The van der Waals surface area contributed by atoms with Crippen LogP contribution in [-0.4, -0.2) is 24.2 Å². The van der Waals surface area contributed by atoms with E-state index in [0.29, 0.717) is 17.0 Å². The van der Waals surface area contributed by atoms with Crippen LogP contribution in [0.1, 0.15) is 10.4 Å². The zero-order valence-corrected chi connectivity index (χ0v) is 17.7. The smallest absolute Gasteiger partial charge is 0.270 e. The number of para-hydroxylation sites is 1. The highest BCUT2D eigenvalue weighted by atomic mass is 32.2. The molecule has 4 rings (SSSR count). The summed E-state index contributed by atoms with van der Waals surface area (Å²) in [4.78, 5) is 26.8. The summed E-state index contributed by atoms with van der Waals surface area (Å²) < 4.78 is 33.2. The number of sulfonamides is 1. The highest BCUT2D eigenvalue weighted by Crippen LogP contribution is 2.25. The van der Waals surface area contributed by atoms with Crippen molar-refractivity contribution in [3.63, 3.8) is 0 Å². The Labute approximate surface area is 188 Å². The third kappa shape index (κ3) is 4.88. The fourth-order valence-electron chi connectivity index (χ4n) is 3.05. The molecule has 0 fully saturated rings. The van der Waals surface area contributed by atoms with Crippen LogP contribution in [0.2, 0.25) is 0 Å². The van der Waals surface area contributed by atoms with Crippen molar-refractivity contribution in [2.45, 2.75) is 4.90 Å². The molecule has 11 heteroatoms.